The molecule has 0 aromatic carbocycles. The van der Waals surface area contributed by atoms with Crippen molar-refractivity contribution in [1.82, 2.24) is 0 Å². The molecule has 0 N–H and O–H groups in total. The molecule has 0 amide bonds. The van der Waals surface area contributed by atoms with E-state index in [0.29, 0.717) is 12.8 Å². The van der Waals surface area contributed by atoms with Crippen molar-refractivity contribution in [3.63, 3.8) is 0 Å². The number of hydrogen-bond donors (Lipinski definition) is 0. The molecule has 0 spiro atoms. The summed E-state index contributed by atoms with van der Waals surface area (Å²) < 4.78 is 9.61. The first-order valence-corrected chi connectivity index (χ1v) is 6.60. The minimum absolute atomic E-state index is 0.225. The number of hydrogen-bond acceptors (Lipinski definition) is 4. The summed E-state index contributed by atoms with van der Waals surface area (Å²) in [6, 6.07) is 0. The predicted molar refractivity (Wildman–Crippen MR) is 63.2 cm³/mol. The Balaban J connectivity index is 2.24. The Bertz CT molecular complexity index is 214. The molecule has 1 heterocycles. The van der Waals surface area contributed by atoms with Gasteiger partial charge in [-0.05, 0) is 12.8 Å². The second-order valence-electron chi connectivity index (χ2n) is 4.48. The van der Waals surface area contributed by atoms with Gasteiger partial charge < -0.3 is 9.47 Å². The molecule has 0 aromatic rings. The van der Waals surface area contributed by atoms with Crippen LogP contribution in [-0.2, 0) is 19.1 Å². The second-order valence-corrected chi connectivity index (χ2v) is 4.48. The van der Waals surface area contributed by atoms with E-state index in [1.807, 2.05) is 0 Å². The van der Waals surface area contributed by atoms with Crippen LogP contribution in [-0.4, -0.2) is 18.7 Å². The SMILES string of the molecule is O=C1CCCCCCCCCCC(=O)OCO1. The minimum atomic E-state index is -0.271. The Labute approximate surface area is 103 Å². The molecule has 0 unspecified atom stereocenters. The molecule has 4 nitrogen and oxygen atoms in total. The molecule has 0 bridgehead atoms. The molecule has 1 fully saturated rings. The fourth-order valence-electron chi connectivity index (χ4n) is 1.90. The summed E-state index contributed by atoms with van der Waals surface area (Å²) in [5, 5.41) is 0. The Kier molecular flexibility index (Phi) is 7.43. The molecule has 1 aliphatic rings. The number of ether oxygens (including phenoxy) is 2. The molecule has 4 heteroatoms. The van der Waals surface area contributed by atoms with E-state index in [9.17, 15) is 9.59 Å². The lowest BCUT2D eigenvalue weighted by Gasteiger charge is -2.05. The quantitative estimate of drug-likeness (QED) is 0.613. The molecular formula is C13H22O4. The largest absolute Gasteiger partial charge is 0.428 e. The highest BCUT2D eigenvalue weighted by Crippen LogP contribution is 2.11. The van der Waals surface area contributed by atoms with Crippen LogP contribution in [0.25, 0.3) is 0 Å². The maximum atomic E-state index is 11.2. The lowest BCUT2D eigenvalue weighted by Crippen LogP contribution is -2.12. The van der Waals surface area contributed by atoms with Crippen molar-refractivity contribution in [1.29, 1.82) is 0 Å². The monoisotopic (exact) mass is 242 g/mol. The van der Waals surface area contributed by atoms with E-state index < -0.39 is 0 Å². The molecule has 0 atom stereocenters. The molecule has 1 rings (SSSR count). The fraction of sp³-hybridized carbons (Fsp3) is 0.846. The molecule has 0 aromatic heterocycles. The Hall–Kier alpha value is -1.06. The van der Waals surface area contributed by atoms with Crippen LogP contribution < -0.4 is 0 Å². The summed E-state index contributed by atoms with van der Waals surface area (Å²) in [5.74, 6) is -0.541. The van der Waals surface area contributed by atoms with Gasteiger partial charge in [-0.2, -0.15) is 0 Å². The number of cyclic esters (lactones) is 2. The van der Waals surface area contributed by atoms with E-state index in [4.69, 9.17) is 9.47 Å². The average molecular weight is 242 g/mol. The van der Waals surface area contributed by atoms with Gasteiger partial charge in [-0.3, -0.25) is 9.59 Å². The van der Waals surface area contributed by atoms with Crippen LogP contribution >= 0.6 is 0 Å². The first kappa shape index (κ1) is 14.0. The van der Waals surface area contributed by atoms with Crippen molar-refractivity contribution in [2.45, 2.75) is 64.2 Å². The lowest BCUT2D eigenvalue weighted by atomic mass is 10.1. The van der Waals surface area contributed by atoms with Crippen LogP contribution in [0, 0.1) is 0 Å². The number of rotatable bonds is 0. The zero-order valence-electron chi connectivity index (χ0n) is 10.4. The van der Waals surface area contributed by atoms with E-state index in [-0.39, 0.29) is 18.7 Å². The Morgan fingerprint density at radius 2 is 0.941 bits per heavy atom. The molecule has 1 saturated heterocycles. The van der Waals surface area contributed by atoms with Crippen LogP contribution in [0.5, 0.6) is 0 Å². The van der Waals surface area contributed by atoms with Crippen molar-refractivity contribution in [3.8, 4) is 0 Å². The van der Waals surface area contributed by atoms with Crippen LogP contribution in [0.1, 0.15) is 64.2 Å². The van der Waals surface area contributed by atoms with Crippen molar-refractivity contribution in [2.75, 3.05) is 6.79 Å². The molecular weight excluding hydrogens is 220 g/mol. The standard InChI is InChI=1S/C13H22O4/c14-12-9-7-5-3-1-2-4-6-8-10-13(15)17-11-16-12/h1-11H2. The van der Waals surface area contributed by atoms with Gasteiger partial charge in [-0.25, -0.2) is 0 Å². The highest BCUT2D eigenvalue weighted by Gasteiger charge is 2.06. The zero-order valence-corrected chi connectivity index (χ0v) is 10.4. The van der Waals surface area contributed by atoms with Crippen LogP contribution in [0.4, 0.5) is 0 Å². The van der Waals surface area contributed by atoms with E-state index in [1.165, 1.54) is 25.7 Å². The number of carbonyl (C=O) groups excluding carboxylic acids is 2. The number of esters is 2. The smallest absolute Gasteiger partial charge is 0.308 e. The Morgan fingerprint density at radius 1 is 0.588 bits per heavy atom. The molecule has 1 aliphatic heterocycles. The van der Waals surface area contributed by atoms with E-state index >= 15 is 0 Å². The summed E-state index contributed by atoms with van der Waals surface area (Å²) in [4.78, 5) is 22.4. The number of carbonyl (C=O) groups is 2. The topological polar surface area (TPSA) is 52.6 Å². The van der Waals surface area contributed by atoms with Crippen LogP contribution in [0.3, 0.4) is 0 Å². The van der Waals surface area contributed by atoms with Crippen LogP contribution in [0.2, 0.25) is 0 Å². The van der Waals surface area contributed by atoms with Gasteiger partial charge in [0.15, 0.2) is 0 Å². The summed E-state index contributed by atoms with van der Waals surface area (Å²) >= 11 is 0. The maximum Gasteiger partial charge on any atom is 0.308 e. The van der Waals surface area contributed by atoms with Crippen molar-refractivity contribution in [3.05, 3.63) is 0 Å². The second kappa shape index (κ2) is 9.02. The van der Waals surface area contributed by atoms with Crippen LogP contribution in [0.15, 0.2) is 0 Å². The maximum absolute atomic E-state index is 11.2. The predicted octanol–water partition coefficient (Wildman–Crippen LogP) is 2.94. The highest BCUT2D eigenvalue weighted by molar-refractivity contribution is 5.70. The van der Waals surface area contributed by atoms with E-state index in [2.05, 4.69) is 0 Å². The van der Waals surface area contributed by atoms with Crippen molar-refractivity contribution >= 4 is 11.9 Å². The van der Waals surface area contributed by atoms with Gasteiger partial charge in [0.25, 0.3) is 0 Å². The minimum Gasteiger partial charge on any atom is -0.428 e. The van der Waals surface area contributed by atoms with Gasteiger partial charge >= 0.3 is 11.9 Å². The Morgan fingerprint density at radius 3 is 1.35 bits per heavy atom. The highest BCUT2D eigenvalue weighted by atomic mass is 16.7. The summed E-state index contributed by atoms with van der Waals surface area (Å²) in [6.45, 7) is -0.225. The van der Waals surface area contributed by atoms with Crippen molar-refractivity contribution in [2.24, 2.45) is 0 Å². The van der Waals surface area contributed by atoms with E-state index in [1.54, 1.807) is 0 Å². The molecule has 17 heavy (non-hydrogen) atoms. The molecule has 98 valence electrons. The first-order chi connectivity index (χ1) is 8.29. The van der Waals surface area contributed by atoms with Gasteiger partial charge in [-0.15, -0.1) is 0 Å². The van der Waals surface area contributed by atoms with E-state index in [0.717, 1.165) is 25.7 Å². The average Bonchev–Trinajstić information content (AvgIpc) is 2.31. The lowest BCUT2D eigenvalue weighted by molar-refractivity contribution is -0.167. The zero-order chi connectivity index (χ0) is 12.3. The van der Waals surface area contributed by atoms with Gasteiger partial charge in [0, 0.05) is 12.8 Å². The van der Waals surface area contributed by atoms with Crippen molar-refractivity contribution < 1.29 is 19.1 Å². The van der Waals surface area contributed by atoms with Gasteiger partial charge in [0.05, 0.1) is 0 Å². The molecule has 0 radical (unpaired) electrons. The van der Waals surface area contributed by atoms with Gasteiger partial charge in [-0.1, -0.05) is 38.5 Å². The summed E-state index contributed by atoms with van der Waals surface area (Å²) in [5.41, 5.74) is 0. The first-order valence-electron chi connectivity index (χ1n) is 6.60. The molecule has 0 saturated carbocycles. The third-order valence-electron chi connectivity index (χ3n) is 2.95. The van der Waals surface area contributed by atoms with Gasteiger partial charge in [0.1, 0.15) is 0 Å². The summed E-state index contributed by atoms with van der Waals surface area (Å²) in [6.07, 6.45) is 9.56. The third kappa shape index (κ3) is 7.77. The normalized spacial score (nSPS) is 21.9. The third-order valence-corrected chi connectivity index (χ3v) is 2.95. The van der Waals surface area contributed by atoms with Gasteiger partial charge in [0.2, 0.25) is 6.79 Å². The summed E-state index contributed by atoms with van der Waals surface area (Å²) in [7, 11) is 0. The fourth-order valence-corrected chi connectivity index (χ4v) is 1.90. The molecule has 0 aliphatic carbocycles.